The molecule has 2 aliphatic rings. The Bertz CT molecular complexity index is 1380. The second kappa shape index (κ2) is 11.7. The summed E-state index contributed by atoms with van der Waals surface area (Å²) in [5.74, 6) is -0.0741. The number of benzene rings is 2. The number of pyridine rings is 1. The van der Waals surface area contributed by atoms with Crippen molar-refractivity contribution >= 4 is 22.7 Å². The van der Waals surface area contributed by atoms with Crippen molar-refractivity contribution in [2.75, 3.05) is 25.0 Å². The van der Waals surface area contributed by atoms with Crippen LogP contribution in [0.4, 0.5) is 18.9 Å². The first kappa shape index (κ1) is 28.3. The van der Waals surface area contributed by atoms with Gasteiger partial charge in [-0.1, -0.05) is 24.3 Å². The molecule has 1 fully saturated rings. The number of fused-ring (bicyclic) bond motifs is 1. The average Bonchev–Trinajstić information content (AvgIpc) is 3.37. The molecule has 1 aliphatic heterocycles. The Balaban J connectivity index is 1.27. The van der Waals surface area contributed by atoms with E-state index in [0.717, 1.165) is 48.8 Å². The molecule has 0 spiro atoms. The first-order valence-corrected chi connectivity index (χ1v) is 14.4. The Labute approximate surface area is 233 Å². The molecule has 3 unspecified atom stereocenters. The number of aromatic nitrogens is 1. The van der Waals surface area contributed by atoms with Gasteiger partial charge in [0, 0.05) is 55.9 Å². The van der Waals surface area contributed by atoms with Crippen molar-refractivity contribution in [1.82, 2.24) is 15.2 Å². The summed E-state index contributed by atoms with van der Waals surface area (Å²) in [5.41, 5.74) is 2.21. The van der Waals surface area contributed by atoms with Gasteiger partial charge in [0.1, 0.15) is 5.37 Å². The number of carbonyl (C=O) groups is 1. The van der Waals surface area contributed by atoms with E-state index in [2.05, 4.69) is 15.2 Å². The van der Waals surface area contributed by atoms with E-state index >= 15 is 0 Å². The van der Waals surface area contributed by atoms with Gasteiger partial charge in [-0.25, -0.2) is 4.21 Å². The van der Waals surface area contributed by atoms with Gasteiger partial charge in [0.15, 0.2) is 11.1 Å². The van der Waals surface area contributed by atoms with Crippen molar-refractivity contribution < 1.29 is 26.7 Å². The largest absolute Gasteiger partial charge is 0.416 e. The number of piperidine rings is 1. The minimum absolute atomic E-state index is 0.0741. The van der Waals surface area contributed by atoms with Crippen molar-refractivity contribution in [2.45, 2.75) is 49.3 Å². The van der Waals surface area contributed by atoms with Gasteiger partial charge in [-0.3, -0.25) is 15.1 Å². The summed E-state index contributed by atoms with van der Waals surface area (Å²) in [7, 11) is 1.83. The lowest BCUT2D eigenvalue weighted by Gasteiger charge is -2.38. The first-order chi connectivity index (χ1) is 19.1. The number of amides is 1. The molecule has 3 aromatic rings. The first-order valence-electron chi connectivity index (χ1n) is 13.2. The van der Waals surface area contributed by atoms with Gasteiger partial charge in [-0.2, -0.15) is 13.2 Å². The van der Waals surface area contributed by atoms with Crippen molar-refractivity contribution in [3.63, 3.8) is 0 Å². The molecule has 1 aromatic heterocycles. The third-order valence-electron chi connectivity index (χ3n) is 7.93. The molecule has 2 heterocycles. The highest BCUT2D eigenvalue weighted by molar-refractivity contribution is 7.79. The fourth-order valence-corrected chi connectivity index (χ4v) is 6.49. The second-order valence-corrected chi connectivity index (χ2v) is 11.3. The number of rotatable bonds is 7. The van der Waals surface area contributed by atoms with E-state index in [-0.39, 0.29) is 17.5 Å². The SMILES string of the molecule is CN(C(=O)c1ccc2c(c1)CCC2NC(c1ccccc1C(F)(F)F)S(=O)O)C1CCN(c2ccncc2)CC1. The third kappa shape index (κ3) is 5.91. The summed E-state index contributed by atoms with van der Waals surface area (Å²) in [6.45, 7) is 1.68. The van der Waals surface area contributed by atoms with Crippen LogP contribution < -0.4 is 10.2 Å². The number of hydrogen-bond donors (Lipinski definition) is 2. The molecule has 1 aliphatic carbocycles. The summed E-state index contributed by atoms with van der Waals surface area (Å²) in [6, 6.07) is 13.9. The highest BCUT2D eigenvalue weighted by atomic mass is 32.2. The maximum absolute atomic E-state index is 13.6. The van der Waals surface area contributed by atoms with Gasteiger partial charge in [-0.15, -0.1) is 0 Å². The standard InChI is InChI=1S/C29H31F3N4O3S/c1-35(21-12-16-36(17-13-21)22-10-14-33-15-11-22)28(37)20-6-8-23-19(18-20)7-9-26(23)34-27(40(38)39)24-4-2-3-5-25(24)29(30,31)32/h2-6,8,10-11,14-15,18,21,26-27,34H,7,9,12-13,16-17H2,1H3,(H,38,39). The Kier molecular flexibility index (Phi) is 8.25. The summed E-state index contributed by atoms with van der Waals surface area (Å²) < 4.78 is 62.9. The molecule has 1 saturated heterocycles. The lowest BCUT2D eigenvalue weighted by atomic mass is 10.00. The van der Waals surface area contributed by atoms with Crippen LogP contribution in [-0.2, 0) is 23.7 Å². The molecule has 40 heavy (non-hydrogen) atoms. The smallest absolute Gasteiger partial charge is 0.371 e. The Morgan fingerprint density at radius 3 is 2.48 bits per heavy atom. The maximum Gasteiger partial charge on any atom is 0.416 e. The fraction of sp³-hybridized carbons (Fsp3) is 0.379. The van der Waals surface area contributed by atoms with E-state index in [1.54, 1.807) is 29.4 Å². The van der Waals surface area contributed by atoms with Crippen LogP contribution in [0.2, 0.25) is 0 Å². The second-order valence-electron chi connectivity index (χ2n) is 10.3. The van der Waals surface area contributed by atoms with E-state index in [4.69, 9.17) is 0 Å². The quantitative estimate of drug-likeness (QED) is 0.372. The number of nitrogens with zero attached hydrogens (tertiary/aromatic N) is 3. The van der Waals surface area contributed by atoms with Crippen molar-refractivity contribution in [3.05, 3.63) is 94.8 Å². The summed E-state index contributed by atoms with van der Waals surface area (Å²) in [5, 5.41) is 1.57. The van der Waals surface area contributed by atoms with Crippen LogP contribution in [0, 0.1) is 0 Å². The average molecular weight is 573 g/mol. The van der Waals surface area contributed by atoms with Gasteiger partial charge >= 0.3 is 6.18 Å². The molecular formula is C29H31F3N4O3S. The van der Waals surface area contributed by atoms with E-state index in [1.165, 1.54) is 18.2 Å². The van der Waals surface area contributed by atoms with Crippen molar-refractivity contribution in [3.8, 4) is 0 Å². The van der Waals surface area contributed by atoms with Crippen LogP contribution in [0.5, 0.6) is 0 Å². The highest BCUT2D eigenvalue weighted by Gasteiger charge is 2.38. The summed E-state index contributed by atoms with van der Waals surface area (Å²) >= 11 is -2.59. The number of aryl methyl sites for hydroxylation is 1. The number of hydrogen-bond acceptors (Lipinski definition) is 5. The lowest BCUT2D eigenvalue weighted by Crippen LogP contribution is -2.45. The van der Waals surface area contributed by atoms with Gasteiger partial charge < -0.3 is 14.4 Å². The zero-order chi connectivity index (χ0) is 28.4. The van der Waals surface area contributed by atoms with Crippen LogP contribution in [0.15, 0.2) is 67.0 Å². The molecule has 2 N–H and O–H groups in total. The molecular weight excluding hydrogens is 541 g/mol. The van der Waals surface area contributed by atoms with Crippen LogP contribution >= 0.6 is 0 Å². The van der Waals surface area contributed by atoms with Crippen LogP contribution in [-0.4, -0.2) is 50.7 Å². The highest BCUT2D eigenvalue weighted by Crippen LogP contribution is 2.39. The maximum atomic E-state index is 13.6. The molecule has 0 bridgehead atoms. The summed E-state index contributed by atoms with van der Waals surface area (Å²) in [4.78, 5) is 21.5. The summed E-state index contributed by atoms with van der Waals surface area (Å²) in [6.07, 6.45) is 1.74. The van der Waals surface area contributed by atoms with Crippen molar-refractivity contribution in [1.29, 1.82) is 0 Å². The molecule has 1 amide bonds. The Morgan fingerprint density at radius 2 is 1.80 bits per heavy atom. The normalized spacial score (nSPS) is 19.2. The lowest BCUT2D eigenvalue weighted by molar-refractivity contribution is -0.138. The van der Waals surface area contributed by atoms with E-state index in [1.807, 2.05) is 25.2 Å². The molecule has 0 radical (unpaired) electrons. The van der Waals surface area contributed by atoms with E-state index < -0.39 is 34.2 Å². The molecule has 11 heteroatoms. The van der Waals surface area contributed by atoms with Crippen molar-refractivity contribution in [2.24, 2.45) is 0 Å². The monoisotopic (exact) mass is 572 g/mol. The molecule has 2 aromatic carbocycles. The van der Waals surface area contributed by atoms with Gasteiger partial charge in [0.25, 0.3) is 5.91 Å². The zero-order valence-electron chi connectivity index (χ0n) is 22.0. The van der Waals surface area contributed by atoms with E-state index in [9.17, 15) is 26.7 Å². The molecule has 0 saturated carbocycles. The molecule has 3 atom stereocenters. The minimum Gasteiger partial charge on any atom is -0.371 e. The van der Waals surface area contributed by atoms with E-state index in [0.29, 0.717) is 18.4 Å². The van der Waals surface area contributed by atoms with Crippen LogP contribution in [0.3, 0.4) is 0 Å². The van der Waals surface area contributed by atoms with Crippen LogP contribution in [0.1, 0.15) is 63.3 Å². The van der Waals surface area contributed by atoms with Crippen LogP contribution in [0.25, 0.3) is 0 Å². The Morgan fingerprint density at radius 1 is 1.10 bits per heavy atom. The number of carbonyl (C=O) groups excluding carboxylic acids is 1. The minimum atomic E-state index is -4.65. The molecule has 7 nitrogen and oxygen atoms in total. The topological polar surface area (TPSA) is 85.8 Å². The van der Waals surface area contributed by atoms with Gasteiger partial charge in [0.05, 0.1) is 5.56 Å². The fourth-order valence-electron chi connectivity index (χ4n) is 5.78. The van der Waals surface area contributed by atoms with Gasteiger partial charge in [0.2, 0.25) is 0 Å². The predicted molar refractivity (Wildman–Crippen MR) is 147 cm³/mol. The molecule has 212 valence electrons. The number of anilines is 1. The predicted octanol–water partition coefficient (Wildman–Crippen LogP) is 5.34. The number of alkyl halides is 3. The van der Waals surface area contributed by atoms with Gasteiger partial charge in [-0.05, 0) is 72.7 Å². The zero-order valence-corrected chi connectivity index (χ0v) is 22.8. The number of nitrogens with one attached hydrogen (secondary N) is 1. The Hall–Kier alpha value is -3.28. The molecule has 5 rings (SSSR count). The third-order valence-corrected chi connectivity index (χ3v) is 8.72. The number of halogens is 3.